The van der Waals surface area contributed by atoms with E-state index in [-0.39, 0.29) is 5.56 Å². The summed E-state index contributed by atoms with van der Waals surface area (Å²) in [6.07, 6.45) is 9.59. The number of nitrogens with one attached hydrogen (secondary N) is 1. The first-order chi connectivity index (χ1) is 11.6. The van der Waals surface area contributed by atoms with Gasteiger partial charge in [-0.2, -0.15) is 0 Å². The lowest BCUT2D eigenvalue weighted by molar-refractivity contribution is 0.508. The standard InChI is InChI=1S/C17H20N4OS2/c1-11-3-4-12-13(9-11)24-15-14(12)16(22)21(17(23)19-15)7-2-6-20-8-5-18-10-20/h5,8,10-11H,2-4,6-7,9H2,1H3,(H,19,23)/t11-/m0/s1. The fraction of sp³-hybridized carbons (Fsp3) is 0.471. The van der Waals surface area contributed by atoms with Crippen molar-refractivity contribution in [2.24, 2.45) is 5.92 Å². The zero-order valence-electron chi connectivity index (χ0n) is 13.6. The zero-order valence-corrected chi connectivity index (χ0v) is 15.3. The van der Waals surface area contributed by atoms with Crippen LogP contribution in [-0.2, 0) is 25.9 Å². The van der Waals surface area contributed by atoms with Crippen LogP contribution in [0.15, 0.2) is 23.5 Å². The maximum atomic E-state index is 13.0. The van der Waals surface area contributed by atoms with Gasteiger partial charge in [0.2, 0.25) is 0 Å². The van der Waals surface area contributed by atoms with Crippen molar-refractivity contribution in [3.63, 3.8) is 0 Å². The van der Waals surface area contributed by atoms with Gasteiger partial charge >= 0.3 is 0 Å². The van der Waals surface area contributed by atoms with Crippen LogP contribution in [0.5, 0.6) is 0 Å². The predicted molar refractivity (Wildman–Crippen MR) is 99.3 cm³/mol. The molecule has 0 radical (unpaired) electrons. The molecule has 0 aliphatic heterocycles. The molecule has 1 atom stereocenters. The fourth-order valence-electron chi connectivity index (χ4n) is 3.49. The largest absolute Gasteiger partial charge is 0.337 e. The smallest absolute Gasteiger partial charge is 0.263 e. The van der Waals surface area contributed by atoms with Crippen LogP contribution in [0.25, 0.3) is 10.2 Å². The van der Waals surface area contributed by atoms with Crippen LogP contribution in [0, 0.1) is 10.7 Å². The molecule has 3 aromatic rings. The van der Waals surface area contributed by atoms with E-state index in [1.807, 2.05) is 10.8 Å². The van der Waals surface area contributed by atoms with Gasteiger partial charge in [0.25, 0.3) is 5.56 Å². The number of fused-ring (bicyclic) bond motifs is 3. The molecule has 0 unspecified atom stereocenters. The Morgan fingerprint density at radius 2 is 2.33 bits per heavy atom. The molecule has 3 heterocycles. The van der Waals surface area contributed by atoms with E-state index in [9.17, 15) is 4.79 Å². The maximum Gasteiger partial charge on any atom is 0.263 e. The number of aromatic amines is 1. The predicted octanol–water partition coefficient (Wildman–Crippen LogP) is 3.53. The minimum absolute atomic E-state index is 0.0754. The number of hydrogen-bond acceptors (Lipinski definition) is 4. The molecule has 0 amide bonds. The Labute approximate surface area is 149 Å². The number of hydrogen-bond donors (Lipinski definition) is 1. The molecule has 0 aromatic carbocycles. The minimum atomic E-state index is 0.0754. The van der Waals surface area contributed by atoms with E-state index in [2.05, 4.69) is 16.9 Å². The number of imidazole rings is 1. The van der Waals surface area contributed by atoms with Crippen molar-refractivity contribution in [2.75, 3.05) is 0 Å². The Morgan fingerprint density at radius 1 is 1.46 bits per heavy atom. The molecule has 24 heavy (non-hydrogen) atoms. The Bertz CT molecular complexity index is 981. The lowest BCUT2D eigenvalue weighted by Crippen LogP contribution is -2.23. The summed E-state index contributed by atoms with van der Waals surface area (Å²) in [7, 11) is 0. The van der Waals surface area contributed by atoms with Crippen LogP contribution in [0.1, 0.15) is 30.2 Å². The van der Waals surface area contributed by atoms with Crippen molar-refractivity contribution >= 4 is 33.8 Å². The summed E-state index contributed by atoms with van der Waals surface area (Å²) in [6.45, 7) is 3.74. The molecule has 4 rings (SSSR count). The average Bonchev–Trinajstić information content (AvgIpc) is 3.17. The number of rotatable bonds is 4. The van der Waals surface area contributed by atoms with Crippen molar-refractivity contribution in [1.29, 1.82) is 0 Å². The molecule has 126 valence electrons. The molecular formula is C17H20N4OS2. The monoisotopic (exact) mass is 360 g/mol. The Balaban J connectivity index is 1.68. The Hall–Kier alpha value is -1.73. The van der Waals surface area contributed by atoms with Crippen molar-refractivity contribution in [2.45, 2.75) is 45.7 Å². The third-order valence-corrected chi connectivity index (χ3v) is 6.29. The highest BCUT2D eigenvalue weighted by molar-refractivity contribution is 7.71. The lowest BCUT2D eigenvalue weighted by Gasteiger charge is -2.17. The van der Waals surface area contributed by atoms with E-state index in [1.165, 1.54) is 10.4 Å². The highest BCUT2D eigenvalue weighted by Gasteiger charge is 2.23. The summed E-state index contributed by atoms with van der Waals surface area (Å²) in [5.41, 5.74) is 1.33. The van der Waals surface area contributed by atoms with Gasteiger partial charge in [0, 0.05) is 30.4 Å². The van der Waals surface area contributed by atoms with Crippen LogP contribution < -0.4 is 5.56 Å². The first kappa shape index (κ1) is 15.8. The molecule has 0 fully saturated rings. The highest BCUT2D eigenvalue weighted by Crippen LogP contribution is 2.35. The van der Waals surface area contributed by atoms with Crippen molar-refractivity contribution < 1.29 is 0 Å². The minimum Gasteiger partial charge on any atom is -0.337 e. The van der Waals surface area contributed by atoms with E-state index in [0.29, 0.717) is 17.2 Å². The van der Waals surface area contributed by atoms with Crippen LogP contribution in [0.2, 0.25) is 0 Å². The second kappa shape index (κ2) is 6.29. The normalized spacial score (nSPS) is 17.3. The number of thiophene rings is 1. The van der Waals surface area contributed by atoms with Gasteiger partial charge in [-0.25, -0.2) is 4.98 Å². The summed E-state index contributed by atoms with van der Waals surface area (Å²) in [6, 6.07) is 0. The molecule has 1 aliphatic rings. The third kappa shape index (κ3) is 2.75. The van der Waals surface area contributed by atoms with Crippen LogP contribution in [-0.4, -0.2) is 19.1 Å². The van der Waals surface area contributed by atoms with Crippen molar-refractivity contribution in [3.05, 3.63) is 44.3 Å². The average molecular weight is 361 g/mol. The number of H-pyrrole nitrogens is 1. The second-order valence-corrected chi connectivity index (χ2v) is 8.09. The van der Waals surface area contributed by atoms with Gasteiger partial charge in [0.1, 0.15) is 4.83 Å². The van der Waals surface area contributed by atoms with Gasteiger partial charge in [0.05, 0.1) is 11.7 Å². The molecule has 1 aliphatic carbocycles. The van der Waals surface area contributed by atoms with Gasteiger partial charge in [-0.05, 0) is 49.4 Å². The first-order valence-corrected chi connectivity index (χ1v) is 9.59. The van der Waals surface area contributed by atoms with E-state index in [1.54, 1.807) is 28.4 Å². The maximum absolute atomic E-state index is 13.0. The SMILES string of the molecule is C[C@H]1CCc2c(sc3[nH]c(=S)n(CCCn4ccnc4)c(=O)c23)C1. The van der Waals surface area contributed by atoms with E-state index < -0.39 is 0 Å². The Morgan fingerprint density at radius 3 is 3.12 bits per heavy atom. The molecule has 3 aromatic heterocycles. The van der Waals surface area contributed by atoms with Crippen LogP contribution in [0.3, 0.4) is 0 Å². The summed E-state index contributed by atoms with van der Waals surface area (Å²) >= 11 is 7.15. The summed E-state index contributed by atoms with van der Waals surface area (Å²) in [4.78, 5) is 22.7. The summed E-state index contributed by atoms with van der Waals surface area (Å²) in [5.74, 6) is 0.700. The van der Waals surface area contributed by atoms with E-state index in [0.717, 1.165) is 42.4 Å². The van der Waals surface area contributed by atoms with Gasteiger partial charge in [-0.1, -0.05) is 6.92 Å². The molecule has 1 N–H and O–H groups in total. The molecule has 0 bridgehead atoms. The van der Waals surface area contributed by atoms with Gasteiger partial charge in [-0.15, -0.1) is 11.3 Å². The first-order valence-electron chi connectivity index (χ1n) is 8.36. The summed E-state index contributed by atoms with van der Waals surface area (Å²) in [5, 5.41) is 0.873. The molecule has 0 spiro atoms. The van der Waals surface area contributed by atoms with E-state index in [4.69, 9.17) is 12.2 Å². The van der Waals surface area contributed by atoms with E-state index >= 15 is 0 Å². The molecule has 0 saturated heterocycles. The van der Waals surface area contributed by atoms with Crippen LogP contribution in [0.4, 0.5) is 0 Å². The van der Waals surface area contributed by atoms with Crippen molar-refractivity contribution in [3.8, 4) is 0 Å². The summed E-state index contributed by atoms with van der Waals surface area (Å²) < 4.78 is 4.27. The fourth-order valence-corrected chi connectivity index (χ4v) is 5.23. The van der Waals surface area contributed by atoms with Crippen molar-refractivity contribution in [1.82, 2.24) is 19.1 Å². The topological polar surface area (TPSA) is 55.6 Å². The highest BCUT2D eigenvalue weighted by atomic mass is 32.1. The number of aromatic nitrogens is 4. The number of nitrogens with zero attached hydrogens (tertiary/aromatic N) is 3. The quantitative estimate of drug-likeness (QED) is 0.724. The van der Waals surface area contributed by atoms with Gasteiger partial charge < -0.3 is 9.55 Å². The molecule has 0 saturated carbocycles. The number of aryl methyl sites for hydroxylation is 2. The molecule has 7 heteroatoms. The Kier molecular flexibility index (Phi) is 4.14. The zero-order chi connectivity index (χ0) is 16.7. The second-order valence-electron chi connectivity index (χ2n) is 6.60. The lowest BCUT2D eigenvalue weighted by atomic mass is 9.89. The van der Waals surface area contributed by atoms with Gasteiger partial charge in [-0.3, -0.25) is 9.36 Å². The molecular weight excluding hydrogens is 340 g/mol. The molecule has 5 nitrogen and oxygen atoms in total. The third-order valence-electron chi connectivity index (χ3n) is 4.79. The van der Waals surface area contributed by atoms with Gasteiger partial charge in [0.15, 0.2) is 4.77 Å². The van der Waals surface area contributed by atoms with Crippen LogP contribution >= 0.6 is 23.6 Å².